The van der Waals surface area contributed by atoms with Gasteiger partial charge in [-0.1, -0.05) is 0 Å². The summed E-state index contributed by atoms with van der Waals surface area (Å²) in [6, 6.07) is 7.79. The zero-order valence-electron chi connectivity index (χ0n) is 17.4. The molecule has 1 saturated heterocycles. The molecule has 0 aromatic carbocycles. The molecule has 1 aliphatic carbocycles. The Balaban J connectivity index is 0.000000360. The van der Waals surface area contributed by atoms with Gasteiger partial charge in [0.15, 0.2) is 0 Å². The van der Waals surface area contributed by atoms with Crippen LogP contribution in [-0.2, 0) is 27.9 Å². The Morgan fingerprint density at radius 3 is 2.53 bits per heavy atom. The van der Waals surface area contributed by atoms with E-state index in [0.717, 1.165) is 24.1 Å². The number of fused-ring (bicyclic) bond motifs is 1. The highest BCUT2D eigenvalue weighted by molar-refractivity contribution is 5.93. The minimum absolute atomic E-state index is 0.0298. The Kier molecular flexibility index (Phi) is 7.52. The van der Waals surface area contributed by atoms with Crippen LogP contribution in [0.1, 0.15) is 28.9 Å². The number of carboxylic acid groups (broad SMARTS) is 1. The summed E-state index contributed by atoms with van der Waals surface area (Å²) in [6.07, 6.45) is 2.18. The van der Waals surface area contributed by atoms with Crippen LogP contribution in [0.25, 0.3) is 0 Å². The maximum atomic E-state index is 12.9. The third kappa shape index (κ3) is 5.65. The summed E-state index contributed by atoms with van der Waals surface area (Å²) in [4.78, 5) is 27.8. The van der Waals surface area contributed by atoms with Gasteiger partial charge in [0.05, 0.1) is 25.4 Å². The number of ether oxygens (including phenoxy) is 2. The quantitative estimate of drug-likeness (QED) is 0.762. The minimum Gasteiger partial charge on any atom is -0.475 e. The fourth-order valence-corrected chi connectivity index (χ4v) is 3.86. The second kappa shape index (κ2) is 10.1. The molecule has 174 valence electrons. The van der Waals surface area contributed by atoms with E-state index in [1.54, 1.807) is 12.4 Å². The number of amides is 1. The summed E-state index contributed by atoms with van der Waals surface area (Å²) in [5.74, 6) is -2.67. The number of carboxylic acids is 1. The third-order valence-electron chi connectivity index (χ3n) is 5.42. The summed E-state index contributed by atoms with van der Waals surface area (Å²) in [5, 5.41) is 7.12. The van der Waals surface area contributed by atoms with Crippen molar-refractivity contribution in [1.29, 1.82) is 0 Å². The molecule has 4 rings (SSSR count). The van der Waals surface area contributed by atoms with Gasteiger partial charge in [-0.3, -0.25) is 9.78 Å². The van der Waals surface area contributed by atoms with Gasteiger partial charge in [0.1, 0.15) is 11.8 Å². The van der Waals surface area contributed by atoms with E-state index >= 15 is 0 Å². The molecule has 2 aliphatic rings. The fraction of sp³-hybridized carbons (Fsp3) is 0.476. The number of rotatable bonds is 4. The van der Waals surface area contributed by atoms with Crippen LogP contribution in [0.15, 0.2) is 42.9 Å². The lowest BCUT2D eigenvalue weighted by Crippen LogP contribution is -2.54. The number of aromatic nitrogens is 2. The van der Waals surface area contributed by atoms with Crippen LogP contribution in [-0.4, -0.2) is 69.0 Å². The van der Waals surface area contributed by atoms with Gasteiger partial charge in [0, 0.05) is 32.2 Å². The van der Waals surface area contributed by atoms with E-state index in [9.17, 15) is 18.0 Å². The van der Waals surface area contributed by atoms with Gasteiger partial charge in [-0.2, -0.15) is 13.2 Å². The molecule has 3 atom stereocenters. The van der Waals surface area contributed by atoms with Gasteiger partial charge >= 0.3 is 12.1 Å². The monoisotopic (exact) mass is 455 g/mol. The number of carbonyl (C=O) groups excluding carboxylic acids is 1. The lowest BCUT2D eigenvalue weighted by Gasteiger charge is -2.39. The molecule has 0 unspecified atom stereocenters. The molecule has 2 fully saturated rings. The summed E-state index contributed by atoms with van der Waals surface area (Å²) >= 11 is 0. The van der Waals surface area contributed by atoms with Crippen molar-refractivity contribution in [1.82, 2.24) is 14.5 Å². The lowest BCUT2D eigenvalue weighted by molar-refractivity contribution is -0.192. The largest absolute Gasteiger partial charge is 0.490 e. The van der Waals surface area contributed by atoms with Crippen molar-refractivity contribution in [3.63, 3.8) is 0 Å². The van der Waals surface area contributed by atoms with Crippen LogP contribution in [0.5, 0.6) is 0 Å². The molecule has 0 bridgehead atoms. The lowest BCUT2D eigenvalue weighted by atomic mass is 10.1. The molecule has 0 spiro atoms. The second-order valence-corrected chi connectivity index (χ2v) is 7.49. The molecular formula is C21H24F3N3O5. The van der Waals surface area contributed by atoms with Crippen molar-refractivity contribution in [2.45, 2.75) is 43.9 Å². The summed E-state index contributed by atoms with van der Waals surface area (Å²) in [6.45, 7) is 1.75. The van der Waals surface area contributed by atoms with Gasteiger partial charge < -0.3 is 24.0 Å². The maximum absolute atomic E-state index is 12.9. The van der Waals surface area contributed by atoms with Crippen LogP contribution < -0.4 is 0 Å². The number of halogens is 3. The normalized spacial score (nSPS) is 22.6. The Hall–Kier alpha value is -2.92. The average molecular weight is 455 g/mol. The summed E-state index contributed by atoms with van der Waals surface area (Å²) < 4.78 is 45.7. The topological polar surface area (TPSA) is 93.9 Å². The van der Waals surface area contributed by atoms with E-state index in [0.29, 0.717) is 19.8 Å². The number of hydrogen-bond donors (Lipinski definition) is 1. The number of morpholine rings is 1. The van der Waals surface area contributed by atoms with Crippen molar-refractivity contribution >= 4 is 11.9 Å². The Morgan fingerprint density at radius 1 is 1.25 bits per heavy atom. The molecular weight excluding hydrogens is 431 g/mol. The maximum Gasteiger partial charge on any atom is 0.490 e. The molecule has 1 aliphatic heterocycles. The second-order valence-electron chi connectivity index (χ2n) is 7.49. The van der Waals surface area contributed by atoms with Crippen LogP contribution in [0.3, 0.4) is 0 Å². The first-order chi connectivity index (χ1) is 15.2. The average Bonchev–Trinajstić information content (AvgIpc) is 3.38. The van der Waals surface area contributed by atoms with Gasteiger partial charge in [0.2, 0.25) is 0 Å². The summed E-state index contributed by atoms with van der Waals surface area (Å²) in [5.41, 5.74) is 1.83. The van der Waals surface area contributed by atoms with Gasteiger partial charge in [-0.25, -0.2) is 4.79 Å². The highest BCUT2D eigenvalue weighted by Gasteiger charge is 2.45. The van der Waals surface area contributed by atoms with E-state index in [2.05, 4.69) is 4.98 Å². The zero-order valence-corrected chi connectivity index (χ0v) is 17.4. The van der Waals surface area contributed by atoms with Gasteiger partial charge in [-0.05, 0) is 42.7 Å². The first-order valence-corrected chi connectivity index (χ1v) is 10.0. The molecule has 2 aromatic rings. The number of aryl methyl sites for hydroxylation is 1. The van der Waals surface area contributed by atoms with E-state index in [1.807, 2.05) is 47.0 Å². The number of hydrogen-bond acceptors (Lipinski definition) is 5. The van der Waals surface area contributed by atoms with E-state index in [1.165, 1.54) is 0 Å². The first-order valence-electron chi connectivity index (χ1n) is 10.0. The smallest absolute Gasteiger partial charge is 0.475 e. The molecule has 3 heterocycles. The minimum atomic E-state index is -5.08. The van der Waals surface area contributed by atoms with Crippen molar-refractivity contribution in [2.24, 2.45) is 7.05 Å². The number of pyridine rings is 1. The van der Waals surface area contributed by atoms with Gasteiger partial charge in [-0.15, -0.1) is 0 Å². The highest BCUT2D eigenvalue weighted by Crippen LogP contribution is 2.33. The fourth-order valence-electron chi connectivity index (χ4n) is 3.86. The molecule has 2 aromatic heterocycles. The van der Waals surface area contributed by atoms with Crippen molar-refractivity contribution in [3.05, 3.63) is 54.1 Å². The Bertz CT molecular complexity index is 919. The van der Waals surface area contributed by atoms with E-state index < -0.39 is 12.1 Å². The molecule has 1 amide bonds. The summed E-state index contributed by atoms with van der Waals surface area (Å²) in [7, 11) is 1.90. The first kappa shape index (κ1) is 23.7. The number of aliphatic carboxylic acids is 1. The standard InChI is InChI=1S/C19H23N3O3.C2HF3O2/c1-21-10-2-3-16(21)19(23)22-11-12-24-18-15(22)4-5-17(18)25-13-14-6-8-20-9-7-14;3-2(4,5)1(6)7/h2-3,6-10,15,17-18H,4-5,11-13H2,1H3;(H,6,7)/t15-,17+,18+;/m0./s1. The number of nitrogens with zero attached hydrogens (tertiary/aromatic N) is 3. The molecule has 1 saturated carbocycles. The highest BCUT2D eigenvalue weighted by atomic mass is 19.4. The van der Waals surface area contributed by atoms with E-state index in [-0.39, 0.29) is 24.2 Å². The molecule has 11 heteroatoms. The predicted molar refractivity (Wildman–Crippen MR) is 106 cm³/mol. The number of alkyl halides is 3. The number of carbonyl (C=O) groups is 2. The predicted octanol–water partition coefficient (Wildman–Crippen LogP) is 2.64. The molecule has 32 heavy (non-hydrogen) atoms. The van der Waals surface area contributed by atoms with E-state index in [4.69, 9.17) is 19.4 Å². The van der Waals surface area contributed by atoms with Crippen molar-refractivity contribution in [2.75, 3.05) is 13.2 Å². The van der Waals surface area contributed by atoms with Crippen LogP contribution >= 0.6 is 0 Å². The van der Waals surface area contributed by atoms with Gasteiger partial charge in [0.25, 0.3) is 5.91 Å². The molecule has 0 radical (unpaired) electrons. The SMILES string of the molecule is Cn1cccc1C(=O)N1CCO[C@H]2[C@H](OCc3ccncc3)CC[C@@H]21.O=C(O)C(F)(F)F. The van der Waals surface area contributed by atoms with Crippen molar-refractivity contribution < 1.29 is 37.3 Å². The molecule has 1 N–H and O–H groups in total. The Morgan fingerprint density at radius 2 is 1.94 bits per heavy atom. The molecule has 8 nitrogen and oxygen atoms in total. The zero-order chi connectivity index (χ0) is 23.3. The van der Waals surface area contributed by atoms with Crippen molar-refractivity contribution in [3.8, 4) is 0 Å². The van der Waals surface area contributed by atoms with Crippen LogP contribution in [0, 0.1) is 0 Å². The van der Waals surface area contributed by atoms with Crippen LogP contribution in [0.4, 0.5) is 13.2 Å². The third-order valence-corrected chi connectivity index (χ3v) is 5.42. The van der Waals surface area contributed by atoms with Crippen LogP contribution in [0.2, 0.25) is 0 Å². The Labute approximate surface area is 182 Å².